The fraction of sp³-hybridized carbons (Fsp3) is 0.450. The second-order valence-corrected chi connectivity index (χ2v) is 9.85. The van der Waals surface area contributed by atoms with Gasteiger partial charge in [-0.2, -0.15) is 0 Å². The van der Waals surface area contributed by atoms with Crippen molar-refractivity contribution in [2.24, 2.45) is 0 Å². The highest BCUT2D eigenvalue weighted by atomic mass is 32.2. The third kappa shape index (κ3) is 3.66. The molecule has 152 valence electrons. The van der Waals surface area contributed by atoms with E-state index >= 15 is 0 Å². The summed E-state index contributed by atoms with van der Waals surface area (Å²) in [6, 6.07) is 7.17. The summed E-state index contributed by atoms with van der Waals surface area (Å²) in [4.78, 5) is 15.0. The molecule has 7 nitrogen and oxygen atoms in total. The molecular weight excluding hydrogens is 376 g/mol. The molecule has 1 saturated carbocycles. The van der Waals surface area contributed by atoms with Crippen molar-refractivity contribution in [3.05, 3.63) is 41.2 Å². The second-order valence-electron chi connectivity index (χ2n) is 7.70. The highest BCUT2D eigenvalue weighted by Gasteiger charge is 2.28. The molecule has 1 aliphatic rings. The highest BCUT2D eigenvalue weighted by Crippen LogP contribution is 2.38. The standard InChI is InChI=1S/C20H28N4O3S/c1-13-11-17(14(2)24(13)15-7-8-15)20(25)21-18-12-16(28(26,27)23(5)6)9-10-19(18)22(3)4/h9-12,15H,7-8H2,1-6H3,(H,21,25). The molecule has 1 aromatic carbocycles. The van der Waals surface area contributed by atoms with Crippen molar-refractivity contribution in [3.63, 3.8) is 0 Å². The van der Waals surface area contributed by atoms with Crippen molar-refractivity contribution in [1.82, 2.24) is 8.87 Å². The molecule has 1 aliphatic carbocycles. The SMILES string of the molecule is Cc1cc(C(=O)Nc2cc(S(=O)(=O)N(C)C)ccc2N(C)C)c(C)n1C1CC1. The second kappa shape index (κ2) is 7.25. The van der Waals surface area contributed by atoms with Crippen molar-refractivity contribution < 1.29 is 13.2 Å². The van der Waals surface area contributed by atoms with E-state index in [0.717, 1.165) is 34.2 Å². The Morgan fingerprint density at radius 2 is 1.75 bits per heavy atom. The Morgan fingerprint density at radius 1 is 1.11 bits per heavy atom. The summed E-state index contributed by atoms with van der Waals surface area (Å²) in [5.41, 5.74) is 3.84. The average molecular weight is 405 g/mol. The Kier molecular flexibility index (Phi) is 5.29. The van der Waals surface area contributed by atoms with Crippen LogP contribution in [0.25, 0.3) is 0 Å². The van der Waals surface area contributed by atoms with E-state index in [1.54, 1.807) is 12.1 Å². The lowest BCUT2D eigenvalue weighted by atomic mass is 10.2. The first kappa shape index (κ1) is 20.4. The van der Waals surface area contributed by atoms with Crippen molar-refractivity contribution >= 4 is 27.3 Å². The van der Waals surface area contributed by atoms with Gasteiger partial charge in [0, 0.05) is 45.6 Å². The minimum atomic E-state index is -3.60. The zero-order valence-corrected chi connectivity index (χ0v) is 18.1. The van der Waals surface area contributed by atoms with Crippen LogP contribution in [0.4, 0.5) is 11.4 Å². The van der Waals surface area contributed by atoms with Crippen molar-refractivity contribution in [1.29, 1.82) is 0 Å². The lowest BCUT2D eigenvalue weighted by Gasteiger charge is -2.20. The maximum atomic E-state index is 13.0. The van der Waals surface area contributed by atoms with Gasteiger partial charge in [-0.3, -0.25) is 4.79 Å². The quantitative estimate of drug-likeness (QED) is 0.803. The van der Waals surface area contributed by atoms with Gasteiger partial charge in [-0.15, -0.1) is 0 Å². The predicted molar refractivity (Wildman–Crippen MR) is 112 cm³/mol. The fourth-order valence-electron chi connectivity index (χ4n) is 3.47. The van der Waals surface area contributed by atoms with Gasteiger partial charge < -0.3 is 14.8 Å². The first-order valence-electron chi connectivity index (χ1n) is 9.27. The van der Waals surface area contributed by atoms with Gasteiger partial charge in [0.15, 0.2) is 0 Å². The maximum Gasteiger partial charge on any atom is 0.257 e. The summed E-state index contributed by atoms with van der Waals surface area (Å²) in [6.45, 7) is 3.97. The van der Waals surface area contributed by atoms with Crippen LogP contribution in [0.15, 0.2) is 29.2 Å². The molecule has 1 heterocycles. The molecule has 8 heteroatoms. The molecule has 2 aromatic rings. The Balaban J connectivity index is 1.99. The van der Waals surface area contributed by atoms with Gasteiger partial charge in [0.1, 0.15) is 0 Å². The van der Waals surface area contributed by atoms with Crippen LogP contribution >= 0.6 is 0 Å². The summed E-state index contributed by atoms with van der Waals surface area (Å²) in [5.74, 6) is -0.234. The lowest BCUT2D eigenvalue weighted by molar-refractivity contribution is 0.102. The molecule has 0 saturated heterocycles. The zero-order valence-electron chi connectivity index (χ0n) is 17.3. The molecule has 0 radical (unpaired) electrons. The van der Waals surface area contributed by atoms with Crippen LogP contribution in [0.3, 0.4) is 0 Å². The molecule has 1 fully saturated rings. The molecule has 0 spiro atoms. The summed E-state index contributed by atoms with van der Waals surface area (Å²) in [5, 5.41) is 2.92. The van der Waals surface area contributed by atoms with Gasteiger partial charge in [0.25, 0.3) is 5.91 Å². The molecule has 1 aromatic heterocycles. The van der Waals surface area contributed by atoms with Crippen LogP contribution in [0.5, 0.6) is 0 Å². The number of nitrogens with one attached hydrogen (secondary N) is 1. The van der Waals surface area contributed by atoms with E-state index in [1.807, 2.05) is 38.9 Å². The first-order valence-corrected chi connectivity index (χ1v) is 10.7. The van der Waals surface area contributed by atoms with E-state index in [-0.39, 0.29) is 10.8 Å². The Bertz CT molecular complexity index is 1020. The maximum absolute atomic E-state index is 13.0. The van der Waals surface area contributed by atoms with E-state index < -0.39 is 10.0 Å². The summed E-state index contributed by atoms with van der Waals surface area (Å²) >= 11 is 0. The Labute approximate surface area is 167 Å². The average Bonchev–Trinajstić information content (AvgIpc) is 3.39. The number of sulfonamides is 1. The number of hydrogen-bond acceptors (Lipinski definition) is 4. The van der Waals surface area contributed by atoms with Gasteiger partial charge >= 0.3 is 0 Å². The monoisotopic (exact) mass is 404 g/mol. The van der Waals surface area contributed by atoms with Crippen LogP contribution in [-0.4, -0.2) is 51.4 Å². The first-order chi connectivity index (χ1) is 13.0. The minimum Gasteiger partial charge on any atom is -0.376 e. The number of hydrogen-bond donors (Lipinski definition) is 1. The third-order valence-corrected chi connectivity index (χ3v) is 6.93. The van der Waals surface area contributed by atoms with Crippen LogP contribution in [0.1, 0.15) is 40.6 Å². The predicted octanol–water partition coefficient (Wildman–Crippen LogP) is 3.01. The van der Waals surface area contributed by atoms with Crippen LogP contribution < -0.4 is 10.2 Å². The minimum absolute atomic E-state index is 0.141. The molecule has 3 rings (SSSR count). The Hall–Kier alpha value is -2.32. The number of benzene rings is 1. The van der Waals surface area contributed by atoms with Crippen LogP contribution in [-0.2, 0) is 10.0 Å². The van der Waals surface area contributed by atoms with Gasteiger partial charge in [0.2, 0.25) is 10.0 Å². The number of nitrogens with zero attached hydrogens (tertiary/aromatic N) is 3. The van der Waals surface area contributed by atoms with E-state index in [2.05, 4.69) is 9.88 Å². The van der Waals surface area contributed by atoms with Gasteiger partial charge in [-0.1, -0.05) is 0 Å². The van der Waals surface area contributed by atoms with Crippen molar-refractivity contribution in [3.8, 4) is 0 Å². The van der Waals surface area contributed by atoms with E-state index in [1.165, 1.54) is 20.2 Å². The lowest BCUT2D eigenvalue weighted by Crippen LogP contribution is -2.23. The van der Waals surface area contributed by atoms with E-state index in [4.69, 9.17) is 0 Å². The molecule has 0 unspecified atom stereocenters. The molecule has 0 aliphatic heterocycles. The van der Waals surface area contributed by atoms with Crippen molar-refractivity contribution in [2.45, 2.75) is 37.6 Å². The molecular formula is C20H28N4O3S. The summed E-state index contributed by atoms with van der Waals surface area (Å²) in [6.07, 6.45) is 2.29. The summed E-state index contributed by atoms with van der Waals surface area (Å²) in [7, 11) is 3.08. The molecule has 0 atom stereocenters. The number of rotatable bonds is 6. The number of aryl methyl sites for hydroxylation is 1. The normalized spacial score (nSPS) is 14.4. The fourth-order valence-corrected chi connectivity index (χ4v) is 4.40. The highest BCUT2D eigenvalue weighted by molar-refractivity contribution is 7.89. The van der Waals surface area contributed by atoms with E-state index in [0.29, 0.717) is 17.3 Å². The Morgan fingerprint density at radius 3 is 2.29 bits per heavy atom. The smallest absolute Gasteiger partial charge is 0.257 e. The zero-order chi connectivity index (χ0) is 20.8. The summed E-state index contributed by atoms with van der Waals surface area (Å²) < 4.78 is 28.4. The molecule has 1 N–H and O–H groups in total. The molecule has 1 amide bonds. The van der Waals surface area contributed by atoms with Crippen LogP contribution in [0, 0.1) is 13.8 Å². The number of aromatic nitrogens is 1. The molecule has 0 bridgehead atoms. The van der Waals surface area contributed by atoms with Gasteiger partial charge in [-0.05, 0) is 51.0 Å². The third-order valence-electron chi connectivity index (χ3n) is 5.12. The number of carbonyl (C=O) groups is 1. The molecule has 28 heavy (non-hydrogen) atoms. The van der Waals surface area contributed by atoms with Crippen LogP contribution in [0.2, 0.25) is 0 Å². The van der Waals surface area contributed by atoms with Gasteiger partial charge in [0.05, 0.1) is 21.8 Å². The number of amides is 1. The number of anilines is 2. The van der Waals surface area contributed by atoms with E-state index in [9.17, 15) is 13.2 Å². The largest absolute Gasteiger partial charge is 0.376 e. The van der Waals surface area contributed by atoms with Crippen molar-refractivity contribution in [2.75, 3.05) is 38.4 Å². The number of carbonyl (C=O) groups excluding carboxylic acids is 1. The van der Waals surface area contributed by atoms with Gasteiger partial charge in [-0.25, -0.2) is 12.7 Å². The topological polar surface area (TPSA) is 74.7 Å².